The van der Waals surface area contributed by atoms with Crippen molar-refractivity contribution in [2.45, 2.75) is 6.61 Å². The van der Waals surface area contributed by atoms with Crippen molar-refractivity contribution >= 4 is 32.3 Å². The molecule has 1 nitrogen and oxygen atoms in total. The third-order valence-corrected chi connectivity index (χ3v) is 3.77. The first kappa shape index (κ1) is 13.5. The van der Waals surface area contributed by atoms with Crippen LogP contribution in [0, 0.1) is 0 Å². The average molecular weight is 270 g/mol. The van der Waals surface area contributed by atoms with Gasteiger partial charge in [-0.1, -0.05) is 60.2 Å². The normalized spacial score (nSPS) is 11.2. The third-order valence-electron chi connectivity index (χ3n) is 3.77. The number of hydrogen-bond acceptors (Lipinski definition) is 1. The Kier molecular flexibility index (Phi) is 3.64. The average Bonchev–Trinajstić information content (AvgIpc) is 2.44. The summed E-state index contributed by atoms with van der Waals surface area (Å²) in [6, 6.07) is 18.8. The maximum Gasteiger partial charge on any atom is 1.00 e. The summed E-state index contributed by atoms with van der Waals surface area (Å²) in [5.41, 5.74) is 0.890. The van der Waals surface area contributed by atoms with Crippen molar-refractivity contribution in [1.29, 1.82) is 0 Å². The van der Waals surface area contributed by atoms with Gasteiger partial charge in [0.25, 0.3) is 0 Å². The Morgan fingerprint density at radius 1 is 0.684 bits per heavy atom. The summed E-state index contributed by atoms with van der Waals surface area (Å²) in [6.07, 6.45) is 0. The Morgan fingerprint density at radius 3 is 1.95 bits per heavy atom. The van der Waals surface area contributed by atoms with Crippen LogP contribution in [0.1, 0.15) is 5.56 Å². The van der Waals surface area contributed by atoms with Crippen molar-refractivity contribution in [3.8, 4) is 0 Å². The first-order valence-electron chi connectivity index (χ1n) is 6.12. The number of benzene rings is 4. The summed E-state index contributed by atoms with van der Waals surface area (Å²) in [5, 5.41) is 18.6. The van der Waals surface area contributed by atoms with Crippen LogP contribution in [0.4, 0.5) is 0 Å². The summed E-state index contributed by atoms with van der Waals surface area (Å²) in [4.78, 5) is 0. The van der Waals surface area contributed by atoms with E-state index in [0.29, 0.717) is 0 Å². The van der Waals surface area contributed by atoms with Crippen LogP contribution in [-0.2, 0) is 6.61 Å². The molecular formula is C17H11KO. The van der Waals surface area contributed by atoms with E-state index in [4.69, 9.17) is 0 Å². The second-order valence-electron chi connectivity index (χ2n) is 4.73. The van der Waals surface area contributed by atoms with Crippen LogP contribution in [0.2, 0.25) is 0 Å². The molecule has 0 aromatic heterocycles. The number of hydrogen-bond donors (Lipinski definition) is 0. The molecule has 4 aromatic carbocycles. The quantitative estimate of drug-likeness (QED) is 0.364. The zero-order chi connectivity index (χ0) is 12.1. The summed E-state index contributed by atoms with van der Waals surface area (Å²) >= 11 is 0. The fourth-order valence-corrected chi connectivity index (χ4v) is 2.92. The first-order chi connectivity index (χ1) is 8.88. The van der Waals surface area contributed by atoms with Gasteiger partial charge < -0.3 is 5.11 Å². The van der Waals surface area contributed by atoms with Gasteiger partial charge in [-0.3, -0.25) is 0 Å². The summed E-state index contributed by atoms with van der Waals surface area (Å²) in [5.74, 6) is 0. The van der Waals surface area contributed by atoms with Gasteiger partial charge in [-0.05, 0) is 32.3 Å². The molecule has 0 saturated heterocycles. The van der Waals surface area contributed by atoms with Gasteiger partial charge in [0.2, 0.25) is 0 Å². The van der Waals surface area contributed by atoms with E-state index < -0.39 is 0 Å². The van der Waals surface area contributed by atoms with Crippen LogP contribution in [0.5, 0.6) is 0 Å². The summed E-state index contributed by atoms with van der Waals surface area (Å²) < 4.78 is 0. The first-order valence-corrected chi connectivity index (χ1v) is 6.12. The second kappa shape index (κ2) is 5.13. The van der Waals surface area contributed by atoms with E-state index in [1.165, 1.54) is 26.9 Å². The van der Waals surface area contributed by atoms with Gasteiger partial charge in [0, 0.05) is 0 Å². The topological polar surface area (TPSA) is 23.1 Å². The zero-order valence-electron chi connectivity index (χ0n) is 10.8. The molecule has 0 aliphatic rings. The maximum absolute atomic E-state index is 11.3. The molecule has 0 unspecified atom stereocenters. The van der Waals surface area contributed by atoms with Crippen LogP contribution in [0.25, 0.3) is 32.3 Å². The van der Waals surface area contributed by atoms with E-state index in [1.54, 1.807) is 0 Å². The van der Waals surface area contributed by atoms with Gasteiger partial charge >= 0.3 is 51.4 Å². The molecule has 4 rings (SSSR count). The molecule has 86 valence electrons. The van der Waals surface area contributed by atoms with Crippen LogP contribution in [-0.4, -0.2) is 0 Å². The summed E-state index contributed by atoms with van der Waals surface area (Å²) in [6.45, 7) is -0.159. The van der Waals surface area contributed by atoms with Crippen LogP contribution >= 0.6 is 0 Å². The predicted octanol–water partition coefficient (Wildman–Crippen LogP) is 0.448. The molecule has 0 N–H and O–H groups in total. The van der Waals surface area contributed by atoms with Crippen molar-refractivity contribution in [2.24, 2.45) is 0 Å². The standard InChI is InChI=1S/C17H11O.K/c18-10-14-7-6-13-5-4-11-2-1-3-12-8-9-15(14)17(13)16(11)12;/h1-9H,10H2;/q-1;+1. The molecule has 0 amide bonds. The van der Waals surface area contributed by atoms with Crippen molar-refractivity contribution in [3.05, 3.63) is 60.2 Å². The fourth-order valence-electron chi connectivity index (χ4n) is 2.92. The molecule has 19 heavy (non-hydrogen) atoms. The van der Waals surface area contributed by atoms with E-state index in [-0.39, 0.29) is 58.0 Å². The van der Waals surface area contributed by atoms with Gasteiger partial charge in [-0.15, -0.1) is 6.61 Å². The van der Waals surface area contributed by atoms with Crippen molar-refractivity contribution < 1.29 is 56.5 Å². The van der Waals surface area contributed by atoms with Gasteiger partial charge in [0.1, 0.15) is 0 Å². The Bertz CT molecular complexity index is 851. The molecule has 0 spiro atoms. The fraction of sp³-hybridized carbons (Fsp3) is 0.0588. The van der Waals surface area contributed by atoms with E-state index >= 15 is 0 Å². The van der Waals surface area contributed by atoms with Gasteiger partial charge in [0.05, 0.1) is 0 Å². The second-order valence-corrected chi connectivity index (χ2v) is 4.73. The molecule has 0 heterocycles. The molecular weight excluding hydrogens is 259 g/mol. The smallest absolute Gasteiger partial charge is 0.851 e. The third kappa shape index (κ3) is 1.95. The molecule has 4 aromatic rings. The molecule has 0 saturated carbocycles. The zero-order valence-corrected chi connectivity index (χ0v) is 13.9. The van der Waals surface area contributed by atoms with Crippen LogP contribution < -0.4 is 56.5 Å². The number of rotatable bonds is 1. The van der Waals surface area contributed by atoms with Crippen molar-refractivity contribution in [1.82, 2.24) is 0 Å². The SMILES string of the molecule is [K+].[O-]Cc1ccc2ccc3cccc4ccc1c2c34. The molecule has 0 bridgehead atoms. The minimum Gasteiger partial charge on any atom is -0.851 e. The van der Waals surface area contributed by atoms with E-state index in [2.05, 4.69) is 48.5 Å². The van der Waals surface area contributed by atoms with Gasteiger partial charge in [0.15, 0.2) is 0 Å². The van der Waals surface area contributed by atoms with Crippen LogP contribution in [0.3, 0.4) is 0 Å². The molecule has 0 fully saturated rings. The van der Waals surface area contributed by atoms with E-state index in [0.717, 1.165) is 10.9 Å². The van der Waals surface area contributed by atoms with Crippen molar-refractivity contribution in [3.63, 3.8) is 0 Å². The Morgan fingerprint density at radius 2 is 1.26 bits per heavy atom. The molecule has 0 radical (unpaired) electrons. The Balaban J connectivity index is 0.00000110. The van der Waals surface area contributed by atoms with Crippen molar-refractivity contribution in [2.75, 3.05) is 0 Å². The molecule has 2 heteroatoms. The minimum atomic E-state index is -0.159. The Labute approximate surface area is 154 Å². The largest absolute Gasteiger partial charge is 1.00 e. The van der Waals surface area contributed by atoms with Gasteiger partial charge in [-0.2, -0.15) is 0 Å². The molecule has 0 atom stereocenters. The molecule has 0 aliphatic heterocycles. The monoisotopic (exact) mass is 270 g/mol. The predicted molar refractivity (Wildman–Crippen MR) is 73.9 cm³/mol. The summed E-state index contributed by atoms with van der Waals surface area (Å²) in [7, 11) is 0. The van der Waals surface area contributed by atoms with E-state index in [9.17, 15) is 5.11 Å². The maximum atomic E-state index is 11.3. The van der Waals surface area contributed by atoms with Crippen LogP contribution in [0.15, 0.2) is 54.6 Å². The molecule has 0 aliphatic carbocycles. The minimum absolute atomic E-state index is 0. The van der Waals surface area contributed by atoms with E-state index in [1.807, 2.05) is 6.07 Å². The van der Waals surface area contributed by atoms with Gasteiger partial charge in [-0.25, -0.2) is 0 Å². The Hall–Kier alpha value is -0.484.